The zero-order chi connectivity index (χ0) is 15.5. The van der Waals surface area contributed by atoms with Crippen LogP contribution >= 0.6 is 23.1 Å². The first-order valence-corrected chi connectivity index (χ1v) is 10.1. The predicted octanol–water partition coefficient (Wildman–Crippen LogP) is 4.00. The average Bonchev–Trinajstić information content (AvgIpc) is 2.88. The molecule has 1 aliphatic heterocycles. The lowest BCUT2D eigenvalue weighted by Crippen LogP contribution is -2.25. The molecule has 0 saturated heterocycles. The molecule has 120 valence electrons. The van der Waals surface area contributed by atoms with Crippen LogP contribution in [0.2, 0.25) is 0 Å². The first-order chi connectivity index (χ1) is 10.7. The van der Waals surface area contributed by atoms with Crippen LogP contribution in [0.3, 0.4) is 0 Å². The number of thiophene rings is 1. The van der Waals surface area contributed by atoms with E-state index in [0.717, 1.165) is 41.9 Å². The van der Waals surface area contributed by atoms with Crippen LogP contribution in [-0.4, -0.2) is 41.3 Å². The van der Waals surface area contributed by atoms with Crippen LogP contribution in [0.5, 0.6) is 0 Å². The van der Waals surface area contributed by atoms with Crippen LogP contribution in [0.4, 0.5) is 5.82 Å². The Morgan fingerprint density at radius 3 is 2.95 bits per heavy atom. The molecule has 0 aromatic carbocycles. The average molecular weight is 337 g/mol. The van der Waals surface area contributed by atoms with E-state index in [0.29, 0.717) is 0 Å². The summed E-state index contributed by atoms with van der Waals surface area (Å²) in [6.45, 7) is 5.40. The van der Waals surface area contributed by atoms with E-state index in [2.05, 4.69) is 24.2 Å². The molecular weight excluding hydrogens is 312 g/mol. The predicted molar refractivity (Wildman–Crippen MR) is 97.2 cm³/mol. The molecule has 2 aromatic heterocycles. The number of anilines is 1. The fourth-order valence-corrected chi connectivity index (χ4v) is 4.63. The Morgan fingerprint density at radius 1 is 1.32 bits per heavy atom. The molecule has 0 bridgehead atoms. The van der Waals surface area contributed by atoms with E-state index < -0.39 is 0 Å². The zero-order valence-corrected chi connectivity index (χ0v) is 15.2. The molecule has 3 rings (SSSR count). The normalized spacial score (nSPS) is 15.2. The first kappa shape index (κ1) is 16.0. The monoisotopic (exact) mass is 336 g/mol. The molecule has 0 saturated carbocycles. The molecule has 2 aromatic rings. The second-order valence-corrected chi connectivity index (χ2v) is 7.72. The van der Waals surface area contributed by atoms with E-state index in [1.165, 1.54) is 35.1 Å². The van der Waals surface area contributed by atoms with Crippen molar-refractivity contribution in [2.75, 3.05) is 31.7 Å². The number of hydrogen-bond acceptors (Lipinski definition) is 6. The number of rotatable bonds is 6. The van der Waals surface area contributed by atoms with E-state index in [1.54, 1.807) is 11.8 Å². The molecule has 0 aliphatic carbocycles. The summed E-state index contributed by atoms with van der Waals surface area (Å²) in [5.41, 5.74) is 1.48. The van der Waals surface area contributed by atoms with Gasteiger partial charge in [0.2, 0.25) is 0 Å². The maximum absolute atomic E-state index is 4.75. The lowest BCUT2D eigenvalue weighted by Gasteiger charge is -2.22. The van der Waals surface area contributed by atoms with Crippen molar-refractivity contribution in [2.24, 2.45) is 0 Å². The fourth-order valence-electron chi connectivity index (χ4n) is 2.90. The number of nitrogens with one attached hydrogen (secondary N) is 1. The lowest BCUT2D eigenvalue weighted by atomic mass is 10.1. The summed E-state index contributed by atoms with van der Waals surface area (Å²) in [6.07, 6.45) is 6.87. The van der Waals surface area contributed by atoms with Crippen LogP contribution < -0.4 is 5.32 Å². The third kappa shape index (κ3) is 3.24. The van der Waals surface area contributed by atoms with E-state index in [9.17, 15) is 0 Å². The van der Waals surface area contributed by atoms with Crippen molar-refractivity contribution in [1.29, 1.82) is 0 Å². The zero-order valence-electron chi connectivity index (χ0n) is 13.6. The van der Waals surface area contributed by atoms with Crippen molar-refractivity contribution >= 4 is 39.1 Å². The van der Waals surface area contributed by atoms with Gasteiger partial charge in [0.25, 0.3) is 0 Å². The molecule has 0 radical (unpaired) electrons. The Bertz CT molecular complexity index is 653. The summed E-state index contributed by atoms with van der Waals surface area (Å²) in [5, 5.41) is 5.73. The van der Waals surface area contributed by atoms with Crippen molar-refractivity contribution in [3.05, 3.63) is 10.4 Å². The number of hydrogen-bond donors (Lipinski definition) is 1. The SMILES string of the molecule is CCCCCNc1nc(SC)nc2sc3c(c12)CCN(C)C3. The van der Waals surface area contributed by atoms with Gasteiger partial charge in [-0.15, -0.1) is 11.3 Å². The minimum Gasteiger partial charge on any atom is -0.369 e. The third-order valence-corrected chi connectivity index (χ3v) is 5.78. The molecule has 0 unspecified atom stereocenters. The number of nitrogens with zero attached hydrogens (tertiary/aromatic N) is 3. The Morgan fingerprint density at radius 2 is 2.18 bits per heavy atom. The van der Waals surface area contributed by atoms with Crippen molar-refractivity contribution in [3.63, 3.8) is 0 Å². The molecule has 4 nitrogen and oxygen atoms in total. The standard InChI is InChI=1S/C16H24N4S2/c1-4-5-6-8-17-14-13-11-7-9-20(2)10-12(11)22-15(13)19-16(18-14)21-3/h4-10H2,1-3H3,(H,17,18,19). The molecule has 0 spiro atoms. The highest BCUT2D eigenvalue weighted by Crippen LogP contribution is 2.38. The van der Waals surface area contributed by atoms with Crippen LogP contribution in [0.15, 0.2) is 5.16 Å². The van der Waals surface area contributed by atoms with Crippen molar-refractivity contribution in [2.45, 2.75) is 44.3 Å². The second kappa shape index (κ2) is 7.15. The highest BCUT2D eigenvalue weighted by molar-refractivity contribution is 7.98. The van der Waals surface area contributed by atoms with Crippen LogP contribution in [0.25, 0.3) is 10.2 Å². The molecule has 6 heteroatoms. The molecule has 3 heterocycles. The highest BCUT2D eigenvalue weighted by atomic mass is 32.2. The van der Waals surface area contributed by atoms with Crippen molar-refractivity contribution < 1.29 is 0 Å². The fraction of sp³-hybridized carbons (Fsp3) is 0.625. The number of aromatic nitrogens is 2. The van der Waals surface area contributed by atoms with Gasteiger partial charge < -0.3 is 10.2 Å². The van der Waals surface area contributed by atoms with E-state index in [1.807, 2.05) is 17.6 Å². The van der Waals surface area contributed by atoms with Gasteiger partial charge in [-0.25, -0.2) is 9.97 Å². The molecule has 0 amide bonds. The first-order valence-electron chi connectivity index (χ1n) is 8.01. The minimum atomic E-state index is 0.873. The Balaban J connectivity index is 1.97. The topological polar surface area (TPSA) is 41.1 Å². The van der Waals surface area contributed by atoms with Crippen LogP contribution in [-0.2, 0) is 13.0 Å². The minimum absolute atomic E-state index is 0.873. The molecule has 0 fully saturated rings. The summed E-state index contributed by atoms with van der Waals surface area (Å²) in [6, 6.07) is 0. The molecule has 1 N–H and O–H groups in total. The van der Waals surface area contributed by atoms with E-state index >= 15 is 0 Å². The third-order valence-electron chi connectivity index (χ3n) is 4.13. The molecular formula is C16H24N4S2. The van der Waals surface area contributed by atoms with Gasteiger partial charge in [-0.2, -0.15) is 0 Å². The molecule has 22 heavy (non-hydrogen) atoms. The number of thioether (sulfide) groups is 1. The largest absolute Gasteiger partial charge is 0.369 e. The number of fused-ring (bicyclic) bond motifs is 3. The van der Waals surface area contributed by atoms with Gasteiger partial charge in [-0.1, -0.05) is 31.5 Å². The summed E-state index contributed by atoms with van der Waals surface area (Å²) in [7, 11) is 2.19. The van der Waals surface area contributed by atoms with Crippen molar-refractivity contribution in [1.82, 2.24) is 14.9 Å². The van der Waals surface area contributed by atoms with Crippen LogP contribution in [0.1, 0.15) is 36.6 Å². The highest BCUT2D eigenvalue weighted by Gasteiger charge is 2.22. The summed E-state index contributed by atoms with van der Waals surface area (Å²) >= 11 is 3.47. The van der Waals surface area contributed by atoms with Gasteiger partial charge in [0.15, 0.2) is 5.16 Å². The van der Waals surface area contributed by atoms with E-state index in [4.69, 9.17) is 9.97 Å². The lowest BCUT2D eigenvalue weighted by molar-refractivity contribution is 0.318. The van der Waals surface area contributed by atoms with E-state index in [-0.39, 0.29) is 0 Å². The Kier molecular flexibility index (Phi) is 5.21. The number of unbranched alkanes of at least 4 members (excludes halogenated alkanes) is 2. The Labute approximate surface area is 140 Å². The Hall–Kier alpha value is -0.850. The summed E-state index contributed by atoms with van der Waals surface area (Å²) in [5.74, 6) is 1.05. The smallest absolute Gasteiger partial charge is 0.190 e. The van der Waals surface area contributed by atoms with Crippen LogP contribution in [0, 0.1) is 0 Å². The van der Waals surface area contributed by atoms with Gasteiger partial charge in [-0.05, 0) is 31.7 Å². The maximum atomic E-state index is 4.75. The maximum Gasteiger partial charge on any atom is 0.190 e. The quantitative estimate of drug-likeness (QED) is 0.490. The number of likely N-dealkylation sites (N-methyl/N-ethyl adjacent to an activating group) is 1. The van der Waals surface area contributed by atoms with Gasteiger partial charge in [-0.3, -0.25) is 0 Å². The van der Waals surface area contributed by atoms with Gasteiger partial charge >= 0.3 is 0 Å². The summed E-state index contributed by atoms with van der Waals surface area (Å²) in [4.78, 5) is 14.5. The molecule has 1 aliphatic rings. The summed E-state index contributed by atoms with van der Waals surface area (Å²) < 4.78 is 0. The van der Waals surface area contributed by atoms with Crippen molar-refractivity contribution in [3.8, 4) is 0 Å². The van der Waals surface area contributed by atoms with Gasteiger partial charge in [0.1, 0.15) is 10.6 Å². The van der Waals surface area contributed by atoms with Gasteiger partial charge in [0, 0.05) is 24.5 Å². The second-order valence-electron chi connectivity index (χ2n) is 5.86. The molecule has 0 atom stereocenters. The van der Waals surface area contributed by atoms with Gasteiger partial charge in [0.05, 0.1) is 5.39 Å².